The first-order valence-electron chi connectivity index (χ1n) is 21.5. The molecule has 0 aliphatic carbocycles. The molecule has 1 atom stereocenters. The molecule has 354 valence electrons. The zero-order chi connectivity index (χ0) is 47.9. The van der Waals surface area contributed by atoms with E-state index in [9.17, 15) is 32.7 Å². The fourth-order valence-electron chi connectivity index (χ4n) is 8.54. The lowest BCUT2D eigenvalue weighted by molar-refractivity contribution is -0.138. The summed E-state index contributed by atoms with van der Waals surface area (Å²) in [5, 5.41) is 16.7. The van der Waals surface area contributed by atoms with Crippen LogP contribution in [-0.4, -0.2) is 121 Å². The van der Waals surface area contributed by atoms with Crippen molar-refractivity contribution >= 4 is 67.5 Å². The molecule has 3 saturated heterocycles. The summed E-state index contributed by atoms with van der Waals surface area (Å²) in [5.74, 6) is -7.40. The number of hydrogen-bond acceptors (Lipinski definition) is 11. The van der Waals surface area contributed by atoms with Crippen molar-refractivity contribution in [2.24, 2.45) is 0 Å². The first-order valence-corrected chi connectivity index (χ1v) is 22.9. The molecule has 67 heavy (non-hydrogen) atoms. The maximum atomic E-state index is 15.8. The molecule has 3 aliphatic rings. The summed E-state index contributed by atoms with van der Waals surface area (Å²) < 4.78 is 106. The fourth-order valence-corrected chi connectivity index (χ4v) is 9.47. The van der Waals surface area contributed by atoms with E-state index in [2.05, 4.69) is 20.6 Å². The number of aromatic amines is 1. The lowest BCUT2D eigenvalue weighted by atomic mass is 9.87. The van der Waals surface area contributed by atoms with Crippen LogP contribution in [0.3, 0.4) is 0 Å². The normalized spacial score (nSPS) is 17.8. The minimum atomic E-state index is -4.23. The molecule has 5 aromatic rings. The third-order valence-electron chi connectivity index (χ3n) is 12.5. The van der Waals surface area contributed by atoms with Crippen LogP contribution in [-0.2, 0) is 24.6 Å². The second-order valence-corrected chi connectivity index (χ2v) is 18.6. The standard InChI is InChI=1S/C45H46F5N9O7S/c1-3-56(2)67(65,66)55-34-6-5-30(46)39(40(34)50)42(62)29-24-52-43-28(29)18-26(23-51-43)25-19-32(48)41(33(49)20-25)59-16-14-58(15-17-59)38(61)22-45(64)10-12-57(13-11-45)36-8-4-27(21-31(36)47)53-35-7-9-37(60)54-44(35)63/h4-6,8,18-21,23-24,35,53,55,64H,3,7,9-17,22H2,1-2H3,(H,51,52)(H,54,60,63). The SMILES string of the molecule is CCN(C)S(=O)(=O)Nc1ccc(F)c(C(=O)c2c[nH]c3ncc(-c4cc(F)c(N5CCN(C(=O)CC6(O)CCN(c7ccc(NC8CCC(=O)NC8=O)cc7F)CC6)CC5)c(F)c4)cc23)c1F. The zero-order valence-electron chi connectivity index (χ0n) is 36.3. The maximum absolute atomic E-state index is 15.8. The van der Waals surface area contributed by atoms with E-state index in [4.69, 9.17) is 0 Å². The lowest BCUT2D eigenvalue weighted by Gasteiger charge is -2.41. The minimum Gasteiger partial charge on any atom is -0.389 e. The number of benzene rings is 3. The van der Waals surface area contributed by atoms with E-state index in [1.807, 2.05) is 4.72 Å². The number of aliphatic hydroxyl groups is 1. The Morgan fingerprint density at radius 3 is 2.25 bits per heavy atom. The Morgan fingerprint density at radius 1 is 0.896 bits per heavy atom. The van der Waals surface area contributed by atoms with Crippen LogP contribution in [0.25, 0.3) is 22.2 Å². The van der Waals surface area contributed by atoms with Gasteiger partial charge in [-0.25, -0.2) is 26.9 Å². The molecule has 3 fully saturated rings. The van der Waals surface area contributed by atoms with Gasteiger partial charge in [-0.15, -0.1) is 0 Å². The van der Waals surface area contributed by atoms with E-state index in [1.54, 1.807) is 24.0 Å². The van der Waals surface area contributed by atoms with Gasteiger partial charge in [-0.3, -0.25) is 29.2 Å². The topological polar surface area (TPSA) is 200 Å². The average Bonchev–Trinajstić information content (AvgIpc) is 3.72. The highest BCUT2D eigenvalue weighted by Crippen LogP contribution is 2.35. The molecule has 8 rings (SSSR count). The highest BCUT2D eigenvalue weighted by Gasteiger charge is 2.38. The smallest absolute Gasteiger partial charge is 0.301 e. The zero-order valence-corrected chi connectivity index (χ0v) is 37.1. The van der Waals surface area contributed by atoms with Crippen LogP contribution in [0.15, 0.2) is 60.9 Å². The Balaban J connectivity index is 0.884. The Kier molecular flexibility index (Phi) is 13.0. The van der Waals surface area contributed by atoms with E-state index in [0.29, 0.717) is 11.4 Å². The van der Waals surface area contributed by atoms with E-state index in [1.165, 1.54) is 41.4 Å². The summed E-state index contributed by atoms with van der Waals surface area (Å²) in [7, 11) is -2.98. The van der Waals surface area contributed by atoms with Gasteiger partial charge in [0.15, 0.2) is 5.82 Å². The summed E-state index contributed by atoms with van der Waals surface area (Å²) in [6.07, 6.45) is 3.08. The van der Waals surface area contributed by atoms with Gasteiger partial charge in [0.25, 0.3) is 0 Å². The van der Waals surface area contributed by atoms with E-state index >= 15 is 22.0 Å². The Morgan fingerprint density at radius 2 is 1.60 bits per heavy atom. The van der Waals surface area contributed by atoms with Crippen molar-refractivity contribution in [3.05, 3.63) is 101 Å². The summed E-state index contributed by atoms with van der Waals surface area (Å²) in [6, 6.07) is 8.93. The number of rotatable bonds is 13. The van der Waals surface area contributed by atoms with Crippen LogP contribution in [0.5, 0.6) is 0 Å². The minimum absolute atomic E-state index is 0.0382. The van der Waals surface area contributed by atoms with Gasteiger partial charge in [-0.1, -0.05) is 6.92 Å². The number of nitrogens with zero attached hydrogens (tertiary/aromatic N) is 5. The first kappa shape index (κ1) is 46.9. The Bertz CT molecular complexity index is 2880. The number of carbonyl (C=O) groups is 4. The van der Waals surface area contributed by atoms with Gasteiger partial charge >= 0.3 is 10.2 Å². The number of ketones is 1. The number of anilines is 4. The predicted octanol–water partition coefficient (Wildman–Crippen LogP) is 5.05. The summed E-state index contributed by atoms with van der Waals surface area (Å²) in [4.78, 5) is 62.4. The second-order valence-electron chi connectivity index (χ2n) is 16.8. The molecule has 3 aliphatic heterocycles. The number of nitrogens with one attached hydrogen (secondary N) is 4. The van der Waals surface area contributed by atoms with Gasteiger partial charge in [0, 0.05) is 93.9 Å². The molecule has 3 amide bonds. The Hall–Kier alpha value is -6.65. The summed E-state index contributed by atoms with van der Waals surface area (Å²) >= 11 is 0. The number of amides is 3. The molecule has 5 N–H and O–H groups in total. The molecular weight excluding hydrogens is 906 g/mol. The second kappa shape index (κ2) is 18.6. The number of carbonyl (C=O) groups excluding carboxylic acids is 4. The number of piperazine rings is 1. The number of H-pyrrole nitrogens is 1. The number of fused-ring (bicyclic) bond motifs is 1. The molecule has 0 radical (unpaired) electrons. The number of imide groups is 1. The van der Waals surface area contributed by atoms with Crippen molar-refractivity contribution < 1.29 is 54.7 Å². The van der Waals surface area contributed by atoms with Crippen LogP contribution in [0.2, 0.25) is 0 Å². The van der Waals surface area contributed by atoms with Crippen LogP contribution < -0.4 is 25.2 Å². The predicted molar refractivity (Wildman–Crippen MR) is 238 cm³/mol. The lowest BCUT2D eigenvalue weighted by Crippen LogP contribution is -2.52. The monoisotopic (exact) mass is 951 g/mol. The number of halogens is 5. The van der Waals surface area contributed by atoms with Crippen molar-refractivity contribution in [1.82, 2.24) is 24.5 Å². The maximum Gasteiger partial charge on any atom is 0.301 e. The van der Waals surface area contributed by atoms with Crippen LogP contribution in [0.1, 0.15) is 54.9 Å². The molecular formula is C45H46F5N9O7S. The molecule has 0 bridgehead atoms. The average molecular weight is 952 g/mol. The van der Waals surface area contributed by atoms with Crippen LogP contribution in [0, 0.1) is 29.1 Å². The number of hydrogen-bond donors (Lipinski definition) is 5. The van der Waals surface area contributed by atoms with Gasteiger partial charge in [0.1, 0.15) is 40.6 Å². The third-order valence-corrected chi connectivity index (χ3v) is 14.1. The van der Waals surface area contributed by atoms with Crippen molar-refractivity contribution in [3.63, 3.8) is 0 Å². The molecule has 0 saturated carbocycles. The summed E-state index contributed by atoms with van der Waals surface area (Å²) in [6.45, 7) is 2.49. The molecule has 16 nitrogen and oxygen atoms in total. The highest BCUT2D eigenvalue weighted by molar-refractivity contribution is 7.90. The van der Waals surface area contributed by atoms with E-state index < -0.39 is 73.9 Å². The van der Waals surface area contributed by atoms with Crippen molar-refractivity contribution in [1.29, 1.82) is 0 Å². The largest absolute Gasteiger partial charge is 0.389 e. The molecule has 1 unspecified atom stereocenters. The Labute approximate surface area is 381 Å². The van der Waals surface area contributed by atoms with Crippen molar-refractivity contribution in [3.8, 4) is 11.1 Å². The quantitative estimate of drug-likeness (QED) is 0.0601. The summed E-state index contributed by atoms with van der Waals surface area (Å²) in [5.41, 5.74) is -2.62. The van der Waals surface area contributed by atoms with Gasteiger partial charge in [0.05, 0.1) is 29.0 Å². The van der Waals surface area contributed by atoms with Crippen molar-refractivity contribution in [2.75, 3.05) is 72.7 Å². The van der Waals surface area contributed by atoms with Crippen molar-refractivity contribution in [2.45, 2.75) is 50.7 Å². The first-order chi connectivity index (χ1) is 31.8. The van der Waals surface area contributed by atoms with Crippen LogP contribution >= 0.6 is 0 Å². The van der Waals surface area contributed by atoms with Gasteiger partial charge < -0.3 is 30.1 Å². The van der Waals surface area contributed by atoms with Crippen LogP contribution in [0.4, 0.5) is 44.7 Å². The molecule has 3 aromatic carbocycles. The molecule has 0 spiro atoms. The van der Waals surface area contributed by atoms with Gasteiger partial charge in [-0.05, 0) is 73.4 Å². The third kappa shape index (κ3) is 9.63. The molecule has 2 aromatic heterocycles. The fraction of sp³-hybridized carbons (Fsp3) is 0.356. The van der Waals surface area contributed by atoms with E-state index in [-0.39, 0.29) is 123 Å². The highest BCUT2D eigenvalue weighted by atomic mass is 32.2. The molecule has 22 heteroatoms. The number of pyridine rings is 1. The van der Waals surface area contributed by atoms with Gasteiger partial charge in [0.2, 0.25) is 23.5 Å². The molecule has 5 heterocycles. The van der Waals surface area contributed by atoms with E-state index in [0.717, 1.165) is 28.6 Å². The number of aromatic nitrogens is 2. The number of piperidine rings is 2. The van der Waals surface area contributed by atoms with Gasteiger partial charge in [-0.2, -0.15) is 12.7 Å².